The highest BCUT2D eigenvalue weighted by molar-refractivity contribution is 14.0. The predicted molar refractivity (Wildman–Crippen MR) is 115 cm³/mol. The van der Waals surface area contributed by atoms with Crippen molar-refractivity contribution in [3.8, 4) is 5.88 Å². The van der Waals surface area contributed by atoms with E-state index in [1.807, 2.05) is 42.5 Å². The van der Waals surface area contributed by atoms with Crippen LogP contribution < -0.4 is 15.4 Å². The summed E-state index contributed by atoms with van der Waals surface area (Å²) in [6.45, 7) is 2.70. The Hall–Kier alpha value is -1.87. The third-order valence-corrected chi connectivity index (χ3v) is 3.53. The molecule has 0 spiro atoms. The highest BCUT2D eigenvalue weighted by Gasteiger charge is 2.02. The second-order valence-corrected chi connectivity index (χ2v) is 5.48. The van der Waals surface area contributed by atoms with Gasteiger partial charge in [0, 0.05) is 46.1 Å². The van der Waals surface area contributed by atoms with Gasteiger partial charge in [-0.2, -0.15) is 0 Å². The van der Waals surface area contributed by atoms with Crippen molar-refractivity contribution in [2.24, 2.45) is 4.99 Å². The molecule has 2 N–H and O–H groups in total. The van der Waals surface area contributed by atoms with Crippen LogP contribution in [0.5, 0.6) is 5.88 Å². The molecular weight excluding hydrogens is 443 g/mol. The standard InChI is InChI=1S/C19H26N4O2.HI/c1-20-19(22-10-6-12-24-2)23-14-17-9-11-21-18(13-17)25-15-16-7-4-3-5-8-16;/h3-5,7-9,11,13H,6,10,12,14-15H2,1-2H3,(H2,20,22,23);1H. The molecule has 6 nitrogen and oxygen atoms in total. The molecule has 0 aliphatic rings. The van der Waals surface area contributed by atoms with E-state index in [1.54, 1.807) is 20.4 Å². The summed E-state index contributed by atoms with van der Waals surface area (Å²) in [5.41, 5.74) is 2.20. The molecule has 0 amide bonds. The van der Waals surface area contributed by atoms with E-state index >= 15 is 0 Å². The summed E-state index contributed by atoms with van der Waals surface area (Å²) in [5, 5.41) is 6.53. The summed E-state index contributed by atoms with van der Waals surface area (Å²) < 4.78 is 10.8. The lowest BCUT2D eigenvalue weighted by molar-refractivity contribution is 0.195. The lowest BCUT2D eigenvalue weighted by Crippen LogP contribution is -2.37. The monoisotopic (exact) mass is 470 g/mol. The average Bonchev–Trinajstić information content (AvgIpc) is 2.67. The fourth-order valence-corrected chi connectivity index (χ4v) is 2.20. The van der Waals surface area contributed by atoms with Crippen LogP contribution in [-0.4, -0.2) is 38.3 Å². The molecule has 0 saturated heterocycles. The molecule has 142 valence electrons. The largest absolute Gasteiger partial charge is 0.473 e. The first-order chi connectivity index (χ1) is 12.3. The smallest absolute Gasteiger partial charge is 0.213 e. The minimum absolute atomic E-state index is 0. The van der Waals surface area contributed by atoms with Crippen molar-refractivity contribution in [2.75, 3.05) is 27.3 Å². The number of ether oxygens (including phenoxy) is 2. The third kappa shape index (κ3) is 8.48. The van der Waals surface area contributed by atoms with Gasteiger partial charge >= 0.3 is 0 Å². The molecule has 1 aromatic carbocycles. The van der Waals surface area contributed by atoms with Crippen molar-refractivity contribution in [2.45, 2.75) is 19.6 Å². The van der Waals surface area contributed by atoms with E-state index in [0.29, 0.717) is 19.0 Å². The number of rotatable bonds is 9. The molecule has 2 rings (SSSR count). The second kappa shape index (κ2) is 13.3. The molecule has 7 heteroatoms. The van der Waals surface area contributed by atoms with E-state index < -0.39 is 0 Å². The average molecular weight is 470 g/mol. The summed E-state index contributed by atoms with van der Waals surface area (Å²) in [4.78, 5) is 8.47. The number of aliphatic imine (C=N–C) groups is 1. The van der Waals surface area contributed by atoms with Gasteiger partial charge in [-0.15, -0.1) is 24.0 Å². The Labute approximate surface area is 172 Å². The zero-order chi connectivity index (χ0) is 17.7. The molecule has 1 aromatic heterocycles. The van der Waals surface area contributed by atoms with Crippen molar-refractivity contribution in [3.63, 3.8) is 0 Å². The van der Waals surface area contributed by atoms with Crippen LogP contribution in [0.25, 0.3) is 0 Å². The van der Waals surface area contributed by atoms with Crippen LogP contribution in [0, 0.1) is 0 Å². The normalized spacial score (nSPS) is 10.8. The fraction of sp³-hybridized carbons (Fsp3) is 0.368. The van der Waals surface area contributed by atoms with Gasteiger partial charge in [0.05, 0.1) is 0 Å². The van der Waals surface area contributed by atoms with Crippen molar-refractivity contribution in [1.29, 1.82) is 0 Å². The molecule has 26 heavy (non-hydrogen) atoms. The van der Waals surface area contributed by atoms with Gasteiger partial charge in [0.1, 0.15) is 6.61 Å². The number of pyridine rings is 1. The van der Waals surface area contributed by atoms with Gasteiger partial charge in [-0.25, -0.2) is 4.98 Å². The van der Waals surface area contributed by atoms with Crippen LogP contribution in [0.4, 0.5) is 0 Å². The summed E-state index contributed by atoms with van der Waals surface area (Å²) in [7, 11) is 3.46. The Kier molecular flexibility index (Phi) is 11.4. The number of nitrogens with one attached hydrogen (secondary N) is 2. The van der Waals surface area contributed by atoms with Crippen molar-refractivity contribution in [3.05, 3.63) is 59.8 Å². The van der Waals surface area contributed by atoms with E-state index in [-0.39, 0.29) is 24.0 Å². The van der Waals surface area contributed by atoms with Gasteiger partial charge in [0.2, 0.25) is 5.88 Å². The van der Waals surface area contributed by atoms with E-state index in [0.717, 1.165) is 36.7 Å². The molecule has 0 aliphatic carbocycles. The van der Waals surface area contributed by atoms with Crippen LogP contribution >= 0.6 is 24.0 Å². The van der Waals surface area contributed by atoms with E-state index in [4.69, 9.17) is 9.47 Å². The van der Waals surface area contributed by atoms with Gasteiger partial charge in [0.15, 0.2) is 5.96 Å². The van der Waals surface area contributed by atoms with Crippen molar-refractivity contribution in [1.82, 2.24) is 15.6 Å². The number of methoxy groups -OCH3 is 1. The van der Waals surface area contributed by atoms with Crippen LogP contribution in [0.1, 0.15) is 17.5 Å². The first kappa shape index (κ1) is 22.2. The van der Waals surface area contributed by atoms with Gasteiger partial charge < -0.3 is 20.1 Å². The summed E-state index contributed by atoms with van der Waals surface area (Å²) >= 11 is 0. The maximum absolute atomic E-state index is 5.76. The lowest BCUT2D eigenvalue weighted by Gasteiger charge is -2.12. The number of benzene rings is 1. The highest BCUT2D eigenvalue weighted by atomic mass is 127. The molecule has 0 aliphatic heterocycles. The number of nitrogens with zero attached hydrogens (tertiary/aromatic N) is 2. The Balaban J connectivity index is 0.00000338. The Morgan fingerprint density at radius 3 is 2.65 bits per heavy atom. The Morgan fingerprint density at radius 1 is 1.12 bits per heavy atom. The number of guanidine groups is 1. The highest BCUT2D eigenvalue weighted by Crippen LogP contribution is 2.11. The number of aromatic nitrogens is 1. The van der Waals surface area contributed by atoms with Crippen molar-refractivity contribution >= 4 is 29.9 Å². The Bertz CT molecular complexity index is 653. The minimum atomic E-state index is 0. The first-order valence-corrected chi connectivity index (χ1v) is 8.37. The minimum Gasteiger partial charge on any atom is -0.473 e. The fourth-order valence-electron chi connectivity index (χ4n) is 2.20. The molecule has 2 aromatic rings. The zero-order valence-electron chi connectivity index (χ0n) is 15.3. The van der Waals surface area contributed by atoms with Gasteiger partial charge in [-0.05, 0) is 23.6 Å². The molecule has 0 atom stereocenters. The maximum atomic E-state index is 5.76. The summed E-state index contributed by atoms with van der Waals surface area (Å²) in [5.74, 6) is 1.38. The van der Waals surface area contributed by atoms with E-state index in [2.05, 4.69) is 20.6 Å². The summed E-state index contributed by atoms with van der Waals surface area (Å²) in [6, 6.07) is 13.9. The molecule has 1 heterocycles. The quantitative estimate of drug-likeness (QED) is 0.255. The predicted octanol–water partition coefficient (Wildman–Crippen LogP) is 2.98. The molecule has 0 radical (unpaired) electrons. The third-order valence-electron chi connectivity index (χ3n) is 3.53. The SMILES string of the molecule is CN=C(NCCCOC)NCc1ccnc(OCc2ccccc2)c1.I. The van der Waals surface area contributed by atoms with Crippen molar-refractivity contribution < 1.29 is 9.47 Å². The van der Waals surface area contributed by atoms with E-state index in [9.17, 15) is 0 Å². The molecular formula is C19H27IN4O2. The molecule has 0 unspecified atom stereocenters. The zero-order valence-corrected chi connectivity index (χ0v) is 17.6. The lowest BCUT2D eigenvalue weighted by atomic mass is 10.2. The van der Waals surface area contributed by atoms with Gasteiger partial charge in [-0.3, -0.25) is 4.99 Å². The van der Waals surface area contributed by atoms with Crippen LogP contribution in [0.3, 0.4) is 0 Å². The van der Waals surface area contributed by atoms with Crippen LogP contribution in [0.2, 0.25) is 0 Å². The van der Waals surface area contributed by atoms with Crippen LogP contribution in [0.15, 0.2) is 53.7 Å². The van der Waals surface area contributed by atoms with Crippen LogP contribution in [-0.2, 0) is 17.9 Å². The maximum Gasteiger partial charge on any atom is 0.213 e. The number of hydrogen-bond acceptors (Lipinski definition) is 4. The Morgan fingerprint density at radius 2 is 1.92 bits per heavy atom. The van der Waals surface area contributed by atoms with E-state index in [1.165, 1.54) is 0 Å². The molecule has 0 fully saturated rings. The summed E-state index contributed by atoms with van der Waals surface area (Å²) in [6.07, 6.45) is 2.69. The molecule has 0 saturated carbocycles. The van der Waals surface area contributed by atoms with Gasteiger partial charge in [0.25, 0.3) is 0 Å². The molecule has 0 bridgehead atoms. The number of halogens is 1. The second-order valence-electron chi connectivity index (χ2n) is 5.48. The number of hydrogen-bond donors (Lipinski definition) is 2. The van der Waals surface area contributed by atoms with Gasteiger partial charge in [-0.1, -0.05) is 30.3 Å². The topological polar surface area (TPSA) is 67.8 Å². The first-order valence-electron chi connectivity index (χ1n) is 8.37.